The van der Waals surface area contributed by atoms with E-state index < -0.39 is 18.3 Å². The van der Waals surface area contributed by atoms with Crippen LogP contribution in [0.2, 0.25) is 0 Å². The average molecular weight is 347 g/mol. The van der Waals surface area contributed by atoms with Crippen LogP contribution in [0.1, 0.15) is 11.1 Å². The molecule has 3 rings (SSSR count). The van der Waals surface area contributed by atoms with E-state index in [1.165, 1.54) is 30.3 Å². The Morgan fingerprint density at radius 3 is 2.28 bits per heavy atom. The molecule has 2 aromatic rings. The number of carboxylic acids is 1. The molecule has 0 unspecified atom stereocenters. The van der Waals surface area contributed by atoms with Crippen LogP contribution in [-0.4, -0.2) is 44.0 Å². The predicted molar refractivity (Wildman–Crippen MR) is 84.5 cm³/mol. The van der Waals surface area contributed by atoms with E-state index in [1.54, 1.807) is 12.1 Å². The smallest absolute Gasteiger partial charge is 0.326 e. The Balaban J connectivity index is 1.58. The summed E-state index contributed by atoms with van der Waals surface area (Å²) in [5.41, 5.74) is 1.21. The molecule has 2 aromatic carbocycles. The number of phenolic OH excluding ortho intramolecular Hbond substituents is 3. The number of aromatic hydroxyl groups is 3. The zero-order valence-corrected chi connectivity index (χ0v) is 13.1. The van der Waals surface area contributed by atoms with Gasteiger partial charge < -0.3 is 20.4 Å². The number of aliphatic carboxylic acids is 1. The molecule has 0 radical (unpaired) electrons. The molecular weight excluding hydrogens is 330 g/mol. The number of carboxylic acid groups (broad SMARTS) is 1. The fourth-order valence-electron chi connectivity index (χ4n) is 2.47. The Kier molecular flexibility index (Phi) is 4.75. The maximum absolute atomic E-state index is 11.4. The number of phenols is 3. The van der Waals surface area contributed by atoms with Gasteiger partial charge in [0.1, 0.15) is 17.2 Å². The summed E-state index contributed by atoms with van der Waals surface area (Å²) in [7, 11) is 0. The van der Waals surface area contributed by atoms with Gasteiger partial charge >= 0.3 is 5.97 Å². The summed E-state index contributed by atoms with van der Waals surface area (Å²) in [5.74, 6) is -1.16. The molecule has 0 saturated carbocycles. The molecule has 0 amide bonds. The molecule has 0 spiro atoms. The Morgan fingerprint density at radius 1 is 1.04 bits per heavy atom. The summed E-state index contributed by atoms with van der Waals surface area (Å²) in [6, 6.07) is 9.31. The summed E-state index contributed by atoms with van der Waals surface area (Å²) < 4.78 is 0. The van der Waals surface area contributed by atoms with E-state index in [0.717, 1.165) is 5.23 Å². The Labute approximate surface area is 143 Å². The molecule has 1 atom stereocenters. The van der Waals surface area contributed by atoms with Crippen molar-refractivity contribution in [1.82, 2.24) is 5.23 Å². The van der Waals surface area contributed by atoms with Gasteiger partial charge in [-0.1, -0.05) is 18.2 Å². The van der Waals surface area contributed by atoms with Crippen molar-refractivity contribution < 1.29 is 34.9 Å². The Bertz CT molecular complexity index is 756. The zero-order valence-electron chi connectivity index (χ0n) is 13.1. The van der Waals surface area contributed by atoms with Crippen LogP contribution >= 0.6 is 0 Å². The summed E-state index contributed by atoms with van der Waals surface area (Å²) in [4.78, 5) is 22.2. The van der Waals surface area contributed by atoms with Crippen molar-refractivity contribution in [3.63, 3.8) is 0 Å². The number of hydrogen-bond donors (Lipinski definition) is 4. The largest absolute Gasteiger partial charge is 0.508 e. The molecule has 25 heavy (non-hydrogen) atoms. The third kappa shape index (κ3) is 4.00. The lowest BCUT2D eigenvalue weighted by atomic mass is 10.1. The lowest BCUT2D eigenvalue weighted by Crippen LogP contribution is -2.55. The van der Waals surface area contributed by atoms with Crippen LogP contribution in [0.5, 0.6) is 17.2 Å². The molecular formula is C17H17NO7. The summed E-state index contributed by atoms with van der Waals surface area (Å²) >= 11 is 0. The second kappa shape index (κ2) is 6.98. The van der Waals surface area contributed by atoms with Crippen LogP contribution in [0.4, 0.5) is 0 Å². The van der Waals surface area contributed by atoms with Crippen molar-refractivity contribution >= 4 is 5.97 Å². The first-order valence-electron chi connectivity index (χ1n) is 7.56. The van der Waals surface area contributed by atoms with Crippen molar-refractivity contribution in [1.29, 1.82) is 0 Å². The number of benzene rings is 2. The molecule has 1 saturated heterocycles. The highest BCUT2D eigenvalue weighted by Gasteiger charge is 2.40. The summed E-state index contributed by atoms with van der Waals surface area (Å²) in [5, 5.41) is 38.5. The van der Waals surface area contributed by atoms with Crippen molar-refractivity contribution in [2.75, 3.05) is 0 Å². The molecule has 1 aliphatic rings. The highest BCUT2D eigenvalue weighted by Crippen LogP contribution is 2.29. The van der Waals surface area contributed by atoms with Crippen molar-refractivity contribution in [2.45, 2.75) is 25.2 Å². The maximum Gasteiger partial charge on any atom is 0.326 e. The molecule has 8 nitrogen and oxygen atoms in total. The topological polar surface area (TPSA) is 120 Å². The Morgan fingerprint density at radius 2 is 1.68 bits per heavy atom. The monoisotopic (exact) mass is 347 g/mol. The average Bonchev–Trinajstić information content (AvgIpc) is 2.52. The normalized spacial score (nSPS) is 16.3. The van der Waals surface area contributed by atoms with Gasteiger partial charge in [0, 0.05) is 18.9 Å². The van der Waals surface area contributed by atoms with Gasteiger partial charge in [-0.15, -0.1) is 0 Å². The highest BCUT2D eigenvalue weighted by molar-refractivity contribution is 5.73. The second-order valence-corrected chi connectivity index (χ2v) is 5.67. The number of hydroxylamine groups is 2. The van der Waals surface area contributed by atoms with E-state index in [2.05, 4.69) is 0 Å². The molecule has 1 aliphatic heterocycles. The van der Waals surface area contributed by atoms with Crippen LogP contribution < -0.4 is 0 Å². The third-order valence-corrected chi connectivity index (χ3v) is 3.80. The highest BCUT2D eigenvalue weighted by atomic mass is 17.1. The minimum Gasteiger partial charge on any atom is -0.508 e. The molecule has 0 bridgehead atoms. The van der Waals surface area contributed by atoms with Gasteiger partial charge in [-0.05, 0) is 34.6 Å². The van der Waals surface area contributed by atoms with Crippen molar-refractivity contribution in [2.24, 2.45) is 0 Å². The molecule has 1 heterocycles. The van der Waals surface area contributed by atoms with Crippen LogP contribution in [0.15, 0.2) is 42.5 Å². The van der Waals surface area contributed by atoms with E-state index in [1.807, 2.05) is 0 Å². The van der Waals surface area contributed by atoms with Crippen LogP contribution in [0, 0.1) is 0 Å². The van der Waals surface area contributed by atoms with E-state index in [0.29, 0.717) is 11.1 Å². The van der Waals surface area contributed by atoms with Crippen molar-refractivity contribution in [3.8, 4) is 17.2 Å². The molecule has 1 fully saturated rings. The number of nitrogens with zero attached hydrogens (tertiary/aromatic N) is 1. The lowest BCUT2D eigenvalue weighted by Gasteiger charge is -2.40. The first kappa shape index (κ1) is 17.0. The quantitative estimate of drug-likeness (QED) is 0.621. The van der Waals surface area contributed by atoms with E-state index in [-0.39, 0.29) is 30.1 Å². The van der Waals surface area contributed by atoms with Gasteiger partial charge in [-0.2, -0.15) is 0 Å². The van der Waals surface area contributed by atoms with E-state index in [4.69, 9.17) is 9.68 Å². The number of hydrogen-bond acceptors (Lipinski definition) is 7. The molecule has 0 aromatic heterocycles. The van der Waals surface area contributed by atoms with Crippen LogP contribution in [-0.2, 0) is 27.3 Å². The number of carbonyl (C=O) groups is 1. The Hall–Kier alpha value is -2.81. The minimum atomic E-state index is -1.11. The van der Waals surface area contributed by atoms with E-state index >= 15 is 0 Å². The van der Waals surface area contributed by atoms with Crippen molar-refractivity contribution in [3.05, 3.63) is 53.6 Å². The standard InChI is InChI=1S/C17H17NO7/c19-12-4-1-10(2-5-12)7-14(17(22)23)18-24-16(25-18)8-11-3-6-13(20)9-15(11)21/h1-6,9,14,16,19-21H,7-8H2,(H,22,23)/t14-/m0/s1. The maximum atomic E-state index is 11.4. The summed E-state index contributed by atoms with van der Waals surface area (Å²) in [6.07, 6.45) is -0.391. The predicted octanol–water partition coefficient (Wildman–Crippen LogP) is 1.55. The fraction of sp³-hybridized carbons (Fsp3) is 0.235. The third-order valence-electron chi connectivity index (χ3n) is 3.80. The minimum absolute atomic E-state index is 0.0573. The molecule has 4 N–H and O–H groups in total. The fourth-order valence-corrected chi connectivity index (χ4v) is 2.47. The van der Waals surface area contributed by atoms with Crippen LogP contribution in [0.3, 0.4) is 0 Å². The summed E-state index contributed by atoms with van der Waals surface area (Å²) in [6.45, 7) is 0. The van der Waals surface area contributed by atoms with Gasteiger partial charge in [-0.3, -0.25) is 4.79 Å². The lowest BCUT2D eigenvalue weighted by molar-refractivity contribution is -0.572. The first-order chi connectivity index (χ1) is 11.9. The first-order valence-corrected chi connectivity index (χ1v) is 7.56. The molecule has 0 aliphatic carbocycles. The molecule has 132 valence electrons. The molecule has 8 heteroatoms. The van der Waals surface area contributed by atoms with Gasteiger partial charge in [0.2, 0.25) is 6.29 Å². The van der Waals surface area contributed by atoms with Gasteiger partial charge in [0.05, 0.1) is 0 Å². The van der Waals surface area contributed by atoms with Gasteiger partial charge in [-0.25, -0.2) is 9.68 Å². The SMILES string of the molecule is O=C(O)[C@H](Cc1ccc(O)cc1)N1OC(Cc2ccc(O)cc2O)O1. The zero-order chi connectivity index (χ0) is 18.0. The number of rotatable bonds is 6. The van der Waals surface area contributed by atoms with Crippen LogP contribution in [0.25, 0.3) is 0 Å². The van der Waals surface area contributed by atoms with Gasteiger partial charge in [0.15, 0.2) is 6.04 Å². The van der Waals surface area contributed by atoms with Gasteiger partial charge in [0.25, 0.3) is 0 Å². The van der Waals surface area contributed by atoms with E-state index in [9.17, 15) is 25.2 Å². The second-order valence-electron chi connectivity index (χ2n) is 5.67.